The highest BCUT2D eigenvalue weighted by Crippen LogP contribution is 2.16. The summed E-state index contributed by atoms with van der Waals surface area (Å²) in [7, 11) is 0. The molecule has 0 spiro atoms. The predicted molar refractivity (Wildman–Crippen MR) is 102 cm³/mol. The molecule has 0 aliphatic carbocycles. The van der Waals surface area contributed by atoms with Crippen LogP contribution in [0.1, 0.15) is 23.9 Å². The molecule has 8 heteroatoms. The van der Waals surface area contributed by atoms with Crippen LogP contribution in [0.5, 0.6) is 5.75 Å². The molecule has 8 nitrogen and oxygen atoms in total. The highest BCUT2D eigenvalue weighted by atomic mass is 16.5. The molecule has 3 amide bonds. The molecule has 0 unspecified atom stereocenters. The molecule has 1 aliphatic heterocycles. The van der Waals surface area contributed by atoms with Crippen molar-refractivity contribution in [1.29, 1.82) is 0 Å². The SMILES string of the molecule is CCOc1ccc(NC(=O)CC(=O)N2CCN(C(=O)c3ccco3)CC2)cc1. The fourth-order valence-electron chi connectivity index (χ4n) is 2.97. The Hall–Kier alpha value is -3.29. The normalized spacial score (nSPS) is 13.9. The van der Waals surface area contributed by atoms with Gasteiger partial charge in [0.05, 0.1) is 12.9 Å². The lowest BCUT2D eigenvalue weighted by Gasteiger charge is -2.34. The van der Waals surface area contributed by atoms with Gasteiger partial charge in [-0.3, -0.25) is 14.4 Å². The summed E-state index contributed by atoms with van der Waals surface area (Å²) in [6.45, 7) is 4.06. The van der Waals surface area contributed by atoms with Crippen LogP contribution in [-0.4, -0.2) is 60.3 Å². The second-order valence-corrected chi connectivity index (χ2v) is 6.33. The molecule has 2 heterocycles. The first-order valence-electron chi connectivity index (χ1n) is 9.20. The van der Waals surface area contributed by atoms with E-state index >= 15 is 0 Å². The van der Waals surface area contributed by atoms with E-state index < -0.39 is 0 Å². The van der Waals surface area contributed by atoms with Crippen molar-refractivity contribution in [3.8, 4) is 5.75 Å². The minimum absolute atomic E-state index is 0.189. The van der Waals surface area contributed by atoms with E-state index in [4.69, 9.17) is 9.15 Å². The Morgan fingerprint density at radius 3 is 2.32 bits per heavy atom. The van der Waals surface area contributed by atoms with Crippen molar-refractivity contribution < 1.29 is 23.5 Å². The number of ether oxygens (including phenoxy) is 1. The van der Waals surface area contributed by atoms with Crippen LogP contribution in [0.2, 0.25) is 0 Å². The highest BCUT2D eigenvalue weighted by Gasteiger charge is 2.26. The summed E-state index contributed by atoms with van der Waals surface area (Å²) in [5.41, 5.74) is 0.607. The van der Waals surface area contributed by atoms with Crippen molar-refractivity contribution >= 4 is 23.4 Å². The fourth-order valence-corrected chi connectivity index (χ4v) is 2.97. The molecule has 1 aromatic heterocycles. The zero-order valence-corrected chi connectivity index (χ0v) is 15.7. The lowest BCUT2D eigenvalue weighted by molar-refractivity contribution is -0.135. The number of nitrogens with zero attached hydrogens (tertiary/aromatic N) is 2. The van der Waals surface area contributed by atoms with E-state index in [0.29, 0.717) is 38.5 Å². The molecule has 1 saturated heterocycles. The van der Waals surface area contributed by atoms with Gasteiger partial charge in [-0.1, -0.05) is 0 Å². The molecule has 0 atom stereocenters. The summed E-state index contributed by atoms with van der Waals surface area (Å²) in [5, 5.41) is 2.71. The number of hydrogen-bond acceptors (Lipinski definition) is 5. The van der Waals surface area contributed by atoms with E-state index in [0.717, 1.165) is 5.75 Å². The van der Waals surface area contributed by atoms with Crippen LogP contribution in [0.3, 0.4) is 0 Å². The number of furan rings is 1. The van der Waals surface area contributed by atoms with Crippen LogP contribution >= 0.6 is 0 Å². The predicted octanol–water partition coefficient (Wildman–Crippen LogP) is 1.99. The molecule has 2 aromatic rings. The number of carbonyl (C=O) groups is 3. The van der Waals surface area contributed by atoms with Gasteiger partial charge in [0.25, 0.3) is 5.91 Å². The Morgan fingerprint density at radius 1 is 1.04 bits per heavy atom. The second-order valence-electron chi connectivity index (χ2n) is 6.33. The molecule has 0 bridgehead atoms. The van der Waals surface area contributed by atoms with Gasteiger partial charge in [-0.05, 0) is 43.3 Å². The number of nitrogens with one attached hydrogen (secondary N) is 1. The molecule has 1 fully saturated rings. The molecule has 1 N–H and O–H groups in total. The van der Waals surface area contributed by atoms with Gasteiger partial charge in [-0.15, -0.1) is 0 Å². The monoisotopic (exact) mass is 385 g/mol. The number of carbonyl (C=O) groups excluding carboxylic acids is 3. The van der Waals surface area contributed by atoms with Crippen LogP contribution in [-0.2, 0) is 9.59 Å². The summed E-state index contributed by atoms with van der Waals surface area (Å²) < 4.78 is 10.5. The minimum atomic E-state index is -0.372. The van der Waals surface area contributed by atoms with Crippen molar-refractivity contribution in [1.82, 2.24) is 9.80 Å². The smallest absolute Gasteiger partial charge is 0.289 e. The van der Waals surface area contributed by atoms with E-state index in [-0.39, 0.29) is 29.9 Å². The number of benzene rings is 1. The Labute approximate surface area is 163 Å². The van der Waals surface area contributed by atoms with E-state index in [2.05, 4.69) is 5.32 Å². The van der Waals surface area contributed by atoms with Crippen molar-refractivity contribution in [2.24, 2.45) is 0 Å². The van der Waals surface area contributed by atoms with Crippen LogP contribution in [0.15, 0.2) is 47.1 Å². The standard InChI is InChI=1S/C20H23N3O5/c1-2-27-16-7-5-15(6-8-16)21-18(24)14-19(25)22-9-11-23(12-10-22)20(26)17-4-3-13-28-17/h3-8,13H,2,9-12,14H2,1H3,(H,21,24). The first-order valence-corrected chi connectivity index (χ1v) is 9.20. The quantitative estimate of drug-likeness (QED) is 0.768. The Balaban J connectivity index is 1.44. The van der Waals surface area contributed by atoms with Crippen molar-refractivity contribution in [3.63, 3.8) is 0 Å². The summed E-state index contributed by atoms with van der Waals surface area (Å²) in [5.74, 6) is 0.190. The maximum absolute atomic E-state index is 12.4. The second kappa shape index (κ2) is 9.07. The molecular formula is C20H23N3O5. The van der Waals surface area contributed by atoms with E-state index in [1.54, 1.807) is 46.2 Å². The van der Waals surface area contributed by atoms with Gasteiger partial charge in [0.1, 0.15) is 12.2 Å². The number of piperazine rings is 1. The molecule has 0 radical (unpaired) electrons. The van der Waals surface area contributed by atoms with Gasteiger partial charge in [0.2, 0.25) is 11.8 Å². The molecule has 1 aromatic carbocycles. The van der Waals surface area contributed by atoms with Crippen molar-refractivity contribution in [2.45, 2.75) is 13.3 Å². The molecule has 148 valence electrons. The maximum Gasteiger partial charge on any atom is 0.289 e. The first-order chi connectivity index (χ1) is 13.6. The van der Waals surface area contributed by atoms with Gasteiger partial charge in [-0.2, -0.15) is 0 Å². The average molecular weight is 385 g/mol. The molecule has 1 aliphatic rings. The minimum Gasteiger partial charge on any atom is -0.494 e. The summed E-state index contributed by atoms with van der Waals surface area (Å²) >= 11 is 0. The van der Waals surface area contributed by atoms with E-state index in [1.165, 1.54) is 6.26 Å². The largest absolute Gasteiger partial charge is 0.494 e. The third-order valence-electron chi connectivity index (χ3n) is 4.41. The zero-order chi connectivity index (χ0) is 19.9. The Morgan fingerprint density at radius 2 is 1.71 bits per heavy atom. The third kappa shape index (κ3) is 4.91. The molecule has 3 rings (SSSR count). The highest BCUT2D eigenvalue weighted by molar-refractivity contribution is 6.03. The summed E-state index contributed by atoms with van der Waals surface area (Å²) in [4.78, 5) is 40.0. The van der Waals surface area contributed by atoms with Gasteiger partial charge >= 0.3 is 0 Å². The fraction of sp³-hybridized carbons (Fsp3) is 0.350. The molecular weight excluding hydrogens is 362 g/mol. The number of amides is 3. The third-order valence-corrected chi connectivity index (χ3v) is 4.41. The number of rotatable bonds is 6. The lowest BCUT2D eigenvalue weighted by Crippen LogP contribution is -2.51. The first kappa shape index (κ1) is 19.5. The molecule has 0 saturated carbocycles. The van der Waals surface area contributed by atoms with E-state index in [1.807, 2.05) is 6.92 Å². The van der Waals surface area contributed by atoms with Crippen LogP contribution in [0, 0.1) is 0 Å². The van der Waals surface area contributed by atoms with Gasteiger partial charge in [-0.25, -0.2) is 0 Å². The topological polar surface area (TPSA) is 92.1 Å². The average Bonchev–Trinajstić information content (AvgIpc) is 3.24. The molecule has 28 heavy (non-hydrogen) atoms. The van der Waals surface area contributed by atoms with Crippen LogP contribution in [0.4, 0.5) is 5.69 Å². The maximum atomic E-state index is 12.4. The summed E-state index contributed by atoms with van der Waals surface area (Å²) in [6, 6.07) is 10.3. The van der Waals surface area contributed by atoms with E-state index in [9.17, 15) is 14.4 Å². The zero-order valence-electron chi connectivity index (χ0n) is 15.7. The number of anilines is 1. The van der Waals surface area contributed by atoms with Crippen molar-refractivity contribution in [3.05, 3.63) is 48.4 Å². The van der Waals surface area contributed by atoms with Crippen LogP contribution < -0.4 is 10.1 Å². The summed E-state index contributed by atoms with van der Waals surface area (Å²) in [6.07, 6.45) is 1.22. The van der Waals surface area contributed by atoms with Gasteiger partial charge in [0, 0.05) is 31.9 Å². The Kier molecular flexibility index (Phi) is 6.31. The lowest BCUT2D eigenvalue weighted by atomic mass is 10.2. The number of hydrogen-bond donors (Lipinski definition) is 1. The van der Waals surface area contributed by atoms with Gasteiger partial charge < -0.3 is 24.3 Å². The van der Waals surface area contributed by atoms with Crippen molar-refractivity contribution in [2.75, 3.05) is 38.1 Å². The van der Waals surface area contributed by atoms with Crippen LogP contribution in [0.25, 0.3) is 0 Å². The van der Waals surface area contributed by atoms with Gasteiger partial charge in [0.15, 0.2) is 5.76 Å². The Bertz CT molecular complexity index is 809.